The molecular formula is C22H28N4O7. The highest BCUT2D eigenvalue weighted by atomic mass is 16.7. The number of ether oxygens (including phenoxy) is 2. The van der Waals surface area contributed by atoms with Crippen LogP contribution in [0, 0.1) is 5.92 Å². The van der Waals surface area contributed by atoms with Gasteiger partial charge in [0.25, 0.3) is 11.8 Å². The molecule has 11 nitrogen and oxygen atoms in total. The molecule has 1 aromatic rings. The smallest absolute Gasteiger partial charge is 0.290 e. The summed E-state index contributed by atoms with van der Waals surface area (Å²) in [5.41, 5.74) is -0.378. The van der Waals surface area contributed by atoms with E-state index in [0.717, 1.165) is 0 Å². The first-order valence-electron chi connectivity index (χ1n) is 10.6. The SMILES string of the molecule is CC(C)(C)NC(=O)C(=O)[C@H](C[C@@H]1CCNC1=O)NC(=O)CNC(=O)c1ccc2c(c1)OCO2. The predicted molar refractivity (Wildman–Crippen MR) is 115 cm³/mol. The van der Waals surface area contributed by atoms with Crippen molar-refractivity contribution < 1.29 is 33.4 Å². The summed E-state index contributed by atoms with van der Waals surface area (Å²) in [5, 5.41) is 10.2. The Labute approximate surface area is 190 Å². The van der Waals surface area contributed by atoms with Crippen molar-refractivity contribution in [2.75, 3.05) is 19.9 Å². The molecular weight excluding hydrogens is 432 g/mol. The lowest BCUT2D eigenvalue weighted by Crippen LogP contribution is -2.53. The number of ketones is 1. The monoisotopic (exact) mass is 460 g/mol. The largest absolute Gasteiger partial charge is 0.454 e. The lowest BCUT2D eigenvalue weighted by Gasteiger charge is -2.23. The van der Waals surface area contributed by atoms with Crippen molar-refractivity contribution in [2.24, 2.45) is 5.92 Å². The number of Topliss-reactive ketones (excluding diaryl/α,β-unsaturated/α-hetero) is 1. The van der Waals surface area contributed by atoms with Gasteiger partial charge in [0.2, 0.25) is 24.4 Å². The third-order valence-corrected chi connectivity index (χ3v) is 5.09. The number of hydrogen-bond donors (Lipinski definition) is 4. The summed E-state index contributed by atoms with van der Waals surface area (Å²) in [6.07, 6.45) is 0.490. The molecule has 0 spiro atoms. The van der Waals surface area contributed by atoms with E-state index in [1.54, 1.807) is 26.8 Å². The van der Waals surface area contributed by atoms with Crippen molar-refractivity contribution in [3.05, 3.63) is 23.8 Å². The molecule has 1 aromatic carbocycles. The Morgan fingerprint density at radius 2 is 1.88 bits per heavy atom. The van der Waals surface area contributed by atoms with Crippen LogP contribution in [0.4, 0.5) is 0 Å². The normalized spacial score (nSPS) is 17.7. The van der Waals surface area contributed by atoms with Gasteiger partial charge < -0.3 is 30.7 Å². The molecule has 0 aliphatic carbocycles. The van der Waals surface area contributed by atoms with Crippen molar-refractivity contribution in [3.63, 3.8) is 0 Å². The van der Waals surface area contributed by atoms with Gasteiger partial charge in [0.15, 0.2) is 11.5 Å². The first kappa shape index (κ1) is 24.0. The van der Waals surface area contributed by atoms with Crippen LogP contribution in [-0.4, -0.2) is 60.9 Å². The number of benzene rings is 1. The third-order valence-electron chi connectivity index (χ3n) is 5.09. The van der Waals surface area contributed by atoms with E-state index in [1.165, 1.54) is 12.1 Å². The van der Waals surface area contributed by atoms with Crippen LogP contribution in [0.25, 0.3) is 0 Å². The number of hydrogen-bond acceptors (Lipinski definition) is 7. The molecule has 0 unspecified atom stereocenters. The van der Waals surface area contributed by atoms with Gasteiger partial charge in [0.1, 0.15) is 0 Å². The van der Waals surface area contributed by atoms with Gasteiger partial charge in [-0.1, -0.05) is 0 Å². The minimum absolute atomic E-state index is 0.00984. The molecule has 0 radical (unpaired) electrons. The van der Waals surface area contributed by atoms with Gasteiger partial charge >= 0.3 is 0 Å². The highest BCUT2D eigenvalue weighted by Gasteiger charge is 2.35. The quantitative estimate of drug-likeness (QED) is 0.387. The van der Waals surface area contributed by atoms with Gasteiger partial charge in [-0.2, -0.15) is 0 Å². The van der Waals surface area contributed by atoms with Crippen LogP contribution in [-0.2, 0) is 19.2 Å². The van der Waals surface area contributed by atoms with Gasteiger partial charge in [-0.3, -0.25) is 24.0 Å². The number of rotatable bonds is 8. The van der Waals surface area contributed by atoms with Gasteiger partial charge in [0.05, 0.1) is 12.6 Å². The molecule has 2 atom stereocenters. The van der Waals surface area contributed by atoms with Gasteiger partial charge in [0, 0.05) is 23.6 Å². The average Bonchev–Trinajstić information content (AvgIpc) is 3.37. The summed E-state index contributed by atoms with van der Waals surface area (Å²) in [6.45, 7) is 5.29. The minimum Gasteiger partial charge on any atom is -0.454 e. The summed E-state index contributed by atoms with van der Waals surface area (Å²) in [4.78, 5) is 62.0. The van der Waals surface area contributed by atoms with E-state index < -0.39 is 47.5 Å². The predicted octanol–water partition coefficient (Wildman–Crippen LogP) is -0.360. The van der Waals surface area contributed by atoms with Crippen molar-refractivity contribution in [1.82, 2.24) is 21.3 Å². The van der Waals surface area contributed by atoms with Crippen LogP contribution in [0.15, 0.2) is 18.2 Å². The number of amides is 4. The Bertz CT molecular complexity index is 970. The second-order valence-electron chi connectivity index (χ2n) is 8.95. The fraction of sp³-hybridized carbons (Fsp3) is 0.500. The van der Waals surface area contributed by atoms with Crippen LogP contribution in [0.3, 0.4) is 0 Å². The van der Waals surface area contributed by atoms with Gasteiger partial charge in [-0.05, 0) is 51.8 Å². The fourth-order valence-corrected chi connectivity index (χ4v) is 3.49. The van der Waals surface area contributed by atoms with E-state index in [2.05, 4.69) is 21.3 Å². The first-order valence-corrected chi connectivity index (χ1v) is 10.6. The lowest BCUT2D eigenvalue weighted by atomic mass is 9.95. The van der Waals surface area contributed by atoms with Crippen LogP contribution in [0.1, 0.15) is 44.0 Å². The zero-order valence-electron chi connectivity index (χ0n) is 18.8. The molecule has 2 aliphatic heterocycles. The summed E-state index contributed by atoms with van der Waals surface area (Å²) in [5.74, 6) is -2.65. The first-order chi connectivity index (χ1) is 15.5. The summed E-state index contributed by atoms with van der Waals surface area (Å²) in [6, 6.07) is 3.42. The molecule has 0 bridgehead atoms. The number of fused-ring (bicyclic) bond motifs is 1. The zero-order valence-corrected chi connectivity index (χ0v) is 18.8. The molecule has 4 amide bonds. The molecule has 2 heterocycles. The maximum absolute atomic E-state index is 12.7. The second kappa shape index (κ2) is 9.88. The fourth-order valence-electron chi connectivity index (χ4n) is 3.49. The van der Waals surface area contributed by atoms with Crippen molar-refractivity contribution >= 4 is 29.4 Å². The standard InChI is InChI=1S/C22H28N4O7/c1-22(2,3)26-21(31)18(28)14(8-13-6-7-23-19(13)29)25-17(27)10-24-20(30)12-4-5-15-16(9-12)33-11-32-15/h4-5,9,13-14H,6-8,10-11H2,1-3H3,(H,23,29)(H,24,30)(H,25,27)(H,26,31)/t13-,14-/m0/s1. The number of carbonyl (C=O) groups excluding carboxylic acids is 5. The van der Waals surface area contributed by atoms with Crippen LogP contribution in [0.5, 0.6) is 11.5 Å². The molecule has 1 fully saturated rings. The van der Waals surface area contributed by atoms with Crippen LogP contribution >= 0.6 is 0 Å². The van der Waals surface area contributed by atoms with Crippen LogP contribution < -0.4 is 30.7 Å². The number of nitrogens with one attached hydrogen (secondary N) is 4. The van der Waals surface area contributed by atoms with E-state index >= 15 is 0 Å². The van der Waals surface area contributed by atoms with Gasteiger partial charge in [-0.15, -0.1) is 0 Å². The van der Waals surface area contributed by atoms with Crippen molar-refractivity contribution in [1.29, 1.82) is 0 Å². The zero-order chi connectivity index (χ0) is 24.2. The lowest BCUT2D eigenvalue weighted by molar-refractivity contribution is -0.141. The Morgan fingerprint density at radius 3 is 2.55 bits per heavy atom. The summed E-state index contributed by atoms with van der Waals surface area (Å²) >= 11 is 0. The highest BCUT2D eigenvalue weighted by molar-refractivity contribution is 6.38. The Kier molecular flexibility index (Phi) is 7.19. The highest BCUT2D eigenvalue weighted by Crippen LogP contribution is 2.32. The third kappa shape index (κ3) is 6.43. The molecule has 0 aromatic heterocycles. The number of carbonyl (C=O) groups is 5. The topological polar surface area (TPSA) is 152 Å². The summed E-state index contributed by atoms with van der Waals surface area (Å²) < 4.78 is 10.4. The molecule has 33 heavy (non-hydrogen) atoms. The minimum atomic E-state index is -1.20. The average molecular weight is 460 g/mol. The Balaban J connectivity index is 1.61. The van der Waals surface area contributed by atoms with E-state index in [0.29, 0.717) is 24.5 Å². The molecule has 0 saturated carbocycles. The maximum atomic E-state index is 12.7. The van der Waals surface area contributed by atoms with E-state index in [9.17, 15) is 24.0 Å². The second-order valence-corrected chi connectivity index (χ2v) is 8.95. The maximum Gasteiger partial charge on any atom is 0.290 e. The molecule has 2 aliphatic rings. The van der Waals surface area contributed by atoms with Gasteiger partial charge in [-0.25, -0.2) is 0 Å². The summed E-state index contributed by atoms with van der Waals surface area (Å²) in [7, 11) is 0. The van der Waals surface area contributed by atoms with Crippen molar-refractivity contribution in [3.8, 4) is 11.5 Å². The molecule has 1 saturated heterocycles. The van der Waals surface area contributed by atoms with E-state index in [4.69, 9.17) is 9.47 Å². The van der Waals surface area contributed by atoms with E-state index in [-0.39, 0.29) is 24.7 Å². The van der Waals surface area contributed by atoms with Crippen LogP contribution in [0.2, 0.25) is 0 Å². The molecule has 178 valence electrons. The Morgan fingerprint density at radius 1 is 1.15 bits per heavy atom. The van der Waals surface area contributed by atoms with E-state index in [1.807, 2.05) is 0 Å². The molecule has 11 heteroatoms. The Hall–Kier alpha value is -3.63. The van der Waals surface area contributed by atoms with Crippen molar-refractivity contribution in [2.45, 2.75) is 45.2 Å². The molecule has 3 rings (SSSR count). The molecule has 4 N–H and O–H groups in total.